The normalized spacial score (nSPS) is 10.1. The molecule has 2 aromatic rings. The van der Waals surface area contributed by atoms with Gasteiger partial charge in [0.1, 0.15) is 10.6 Å². The van der Waals surface area contributed by atoms with Crippen LogP contribution in [0, 0.1) is 0 Å². The minimum atomic E-state index is -0.0991. The molecule has 0 fully saturated rings. The van der Waals surface area contributed by atoms with Crippen molar-refractivity contribution in [2.24, 2.45) is 0 Å². The SMILES string of the molecule is CNC(=O)c1sccc1-c1cn[nH]n1. The smallest absolute Gasteiger partial charge is 0.261 e. The number of carbonyl (C=O) groups excluding carboxylic acids is 1. The monoisotopic (exact) mass is 208 g/mol. The highest BCUT2D eigenvalue weighted by Crippen LogP contribution is 2.25. The van der Waals surface area contributed by atoms with Crippen LogP contribution in [0.2, 0.25) is 0 Å². The highest BCUT2D eigenvalue weighted by Gasteiger charge is 2.14. The number of rotatable bonds is 2. The second-order valence-electron chi connectivity index (χ2n) is 2.60. The van der Waals surface area contributed by atoms with Crippen molar-refractivity contribution in [2.75, 3.05) is 7.05 Å². The van der Waals surface area contributed by atoms with Crippen molar-refractivity contribution in [2.45, 2.75) is 0 Å². The van der Waals surface area contributed by atoms with Gasteiger partial charge in [-0.05, 0) is 11.4 Å². The molecule has 2 rings (SSSR count). The maximum Gasteiger partial charge on any atom is 0.261 e. The van der Waals surface area contributed by atoms with Crippen molar-refractivity contribution in [3.05, 3.63) is 22.5 Å². The van der Waals surface area contributed by atoms with E-state index in [4.69, 9.17) is 0 Å². The molecule has 2 heterocycles. The molecule has 0 atom stereocenters. The van der Waals surface area contributed by atoms with Crippen LogP contribution in [0.4, 0.5) is 0 Å². The quantitative estimate of drug-likeness (QED) is 0.770. The van der Waals surface area contributed by atoms with Crippen LogP contribution in [-0.2, 0) is 0 Å². The third-order valence-corrected chi connectivity index (χ3v) is 2.70. The minimum absolute atomic E-state index is 0.0991. The molecule has 0 aliphatic carbocycles. The van der Waals surface area contributed by atoms with E-state index in [1.807, 2.05) is 11.4 Å². The molecule has 0 spiro atoms. The molecule has 6 heteroatoms. The fraction of sp³-hybridized carbons (Fsp3) is 0.125. The summed E-state index contributed by atoms with van der Waals surface area (Å²) in [4.78, 5) is 12.1. The molecule has 0 unspecified atom stereocenters. The number of H-pyrrole nitrogens is 1. The number of nitrogens with one attached hydrogen (secondary N) is 2. The van der Waals surface area contributed by atoms with E-state index in [0.717, 1.165) is 5.56 Å². The van der Waals surface area contributed by atoms with Gasteiger partial charge < -0.3 is 5.32 Å². The number of aromatic amines is 1. The number of hydrogen-bond donors (Lipinski definition) is 2. The molecular formula is C8H8N4OS. The second kappa shape index (κ2) is 3.59. The average Bonchev–Trinajstić information content (AvgIpc) is 2.85. The summed E-state index contributed by atoms with van der Waals surface area (Å²) < 4.78 is 0. The fourth-order valence-electron chi connectivity index (χ4n) is 1.13. The summed E-state index contributed by atoms with van der Waals surface area (Å²) >= 11 is 1.39. The Balaban J connectivity index is 2.45. The molecule has 0 radical (unpaired) electrons. The van der Waals surface area contributed by atoms with Gasteiger partial charge in [-0.3, -0.25) is 4.79 Å². The van der Waals surface area contributed by atoms with Crippen LogP contribution >= 0.6 is 11.3 Å². The Bertz CT molecular complexity index is 434. The first kappa shape index (κ1) is 8.89. The Morgan fingerprint density at radius 1 is 1.64 bits per heavy atom. The lowest BCUT2D eigenvalue weighted by Crippen LogP contribution is -2.17. The van der Waals surface area contributed by atoms with Gasteiger partial charge in [0, 0.05) is 12.6 Å². The Hall–Kier alpha value is -1.69. The zero-order chi connectivity index (χ0) is 9.97. The predicted molar refractivity (Wildman–Crippen MR) is 53.1 cm³/mol. The van der Waals surface area contributed by atoms with Crippen molar-refractivity contribution in [3.8, 4) is 11.3 Å². The summed E-state index contributed by atoms with van der Waals surface area (Å²) in [7, 11) is 1.61. The Morgan fingerprint density at radius 3 is 3.14 bits per heavy atom. The molecule has 0 bridgehead atoms. The molecule has 5 nitrogen and oxygen atoms in total. The van der Waals surface area contributed by atoms with Gasteiger partial charge in [-0.25, -0.2) is 0 Å². The van der Waals surface area contributed by atoms with E-state index >= 15 is 0 Å². The van der Waals surface area contributed by atoms with Gasteiger partial charge in [0.2, 0.25) is 0 Å². The average molecular weight is 208 g/mol. The summed E-state index contributed by atoms with van der Waals surface area (Å²) in [5.41, 5.74) is 1.49. The molecule has 14 heavy (non-hydrogen) atoms. The van der Waals surface area contributed by atoms with Gasteiger partial charge in [0.25, 0.3) is 5.91 Å². The standard InChI is InChI=1S/C8H8N4OS/c1-9-8(13)7-5(2-3-14-7)6-4-10-12-11-6/h2-4H,1H3,(H,9,13)(H,10,11,12). The number of amides is 1. The van der Waals surface area contributed by atoms with E-state index < -0.39 is 0 Å². The highest BCUT2D eigenvalue weighted by molar-refractivity contribution is 7.12. The number of nitrogens with zero attached hydrogens (tertiary/aromatic N) is 2. The van der Waals surface area contributed by atoms with E-state index in [2.05, 4.69) is 20.7 Å². The van der Waals surface area contributed by atoms with Crippen LogP contribution < -0.4 is 5.32 Å². The first-order chi connectivity index (χ1) is 6.83. The van der Waals surface area contributed by atoms with Crippen molar-refractivity contribution in [3.63, 3.8) is 0 Å². The van der Waals surface area contributed by atoms with Crippen LogP contribution in [-0.4, -0.2) is 28.4 Å². The molecular weight excluding hydrogens is 200 g/mol. The lowest BCUT2D eigenvalue weighted by molar-refractivity contribution is 0.0967. The van der Waals surface area contributed by atoms with Crippen molar-refractivity contribution < 1.29 is 4.79 Å². The largest absolute Gasteiger partial charge is 0.354 e. The first-order valence-electron chi connectivity index (χ1n) is 3.98. The lowest BCUT2D eigenvalue weighted by Gasteiger charge is -1.97. The van der Waals surface area contributed by atoms with Crippen molar-refractivity contribution in [1.82, 2.24) is 20.7 Å². The van der Waals surface area contributed by atoms with E-state index in [1.54, 1.807) is 13.2 Å². The van der Waals surface area contributed by atoms with Crippen LogP contribution in [0.5, 0.6) is 0 Å². The number of hydrogen-bond acceptors (Lipinski definition) is 4. The molecule has 1 amide bonds. The molecule has 72 valence electrons. The molecule has 0 saturated carbocycles. The molecule has 0 aliphatic heterocycles. The van der Waals surface area contributed by atoms with E-state index in [0.29, 0.717) is 10.6 Å². The van der Waals surface area contributed by atoms with Gasteiger partial charge in [-0.2, -0.15) is 15.4 Å². The van der Waals surface area contributed by atoms with E-state index in [1.165, 1.54) is 11.3 Å². The van der Waals surface area contributed by atoms with Gasteiger partial charge in [-0.15, -0.1) is 11.3 Å². The Kier molecular flexibility index (Phi) is 2.28. The zero-order valence-corrected chi connectivity index (χ0v) is 8.26. The van der Waals surface area contributed by atoms with Gasteiger partial charge in [0.15, 0.2) is 0 Å². The summed E-state index contributed by atoms with van der Waals surface area (Å²) in [6.45, 7) is 0. The minimum Gasteiger partial charge on any atom is -0.354 e. The highest BCUT2D eigenvalue weighted by atomic mass is 32.1. The van der Waals surface area contributed by atoms with Crippen LogP contribution in [0.1, 0.15) is 9.67 Å². The maximum atomic E-state index is 11.4. The molecule has 0 aromatic carbocycles. The topological polar surface area (TPSA) is 70.7 Å². The third-order valence-electron chi connectivity index (χ3n) is 1.79. The Labute approximate surface area is 84.2 Å². The van der Waals surface area contributed by atoms with Gasteiger partial charge >= 0.3 is 0 Å². The zero-order valence-electron chi connectivity index (χ0n) is 7.44. The molecule has 0 saturated heterocycles. The van der Waals surface area contributed by atoms with Crippen LogP contribution in [0.3, 0.4) is 0 Å². The van der Waals surface area contributed by atoms with Crippen molar-refractivity contribution in [1.29, 1.82) is 0 Å². The number of carbonyl (C=O) groups is 1. The third kappa shape index (κ3) is 1.39. The summed E-state index contributed by atoms with van der Waals surface area (Å²) in [6.07, 6.45) is 1.59. The fourth-order valence-corrected chi connectivity index (χ4v) is 1.98. The Morgan fingerprint density at radius 2 is 2.50 bits per heavy atom. The van der Waals surface area contributed by atoms with E-state index in [9.17, 15) is 4.79 Å². The summed E-state index contributed by atoms with van der Waals surface area (Å²) in [5.74, 6) is -0.0991. The maximum absolute atomic E-state index is 11.4. The first-order valence-corrected chi connectivity index (χ1v) is 4.86. The molecule has 0 aliphatic rings. The summed E-state index contributed by atoms with van der Waals surface area (Å²) in [5, 5.41) is 14.6. The van der Waals surface area contributed by atoms with Crippen LogP contribution in [0.15, 0.2) is 17.6 Å². The number of thiophene rings is 1. The lowest BCUT2D eigenvalue weighted by atomic mass is 10.2. The summed E-state index contributed by atoms with van der Waals surface area (Å²) in [6, 6.07) is 1.85. The number of aromatic nitrogens is 3. The van der Waals surface area contributed by atoms with Gasteiger partial charge in [-0.1, -0.05) is 0 Å². The van der Waals surface area contributed by atoms with E-state index in [-0.39, 0.29) is 5.91 Å². The molecule has 2 aromatic heterocycles. The van der Waals surface area contributed by atoms with Crippen LogP contribution in [0.25, 0.3) is 11.3 Å². The predicted octanol–water partition coefficient (Wildman–Crippen LogP) is 0.893. The van der Waals surface area contributed by atoms with Gasteiger partial charge in [0.05, 0.1) is 6.20 Å². The van der Waals surface area contributed by atoms with Crippen molar-refractivity contribution >= 4 is 17.2 Å². The second-order valence-corrected chi connectivity index (χ2v) is 3.51. The molecule has 2 N–H and O–H groups in total.